The molecule has 4 aliphatic rings. The van der Waals surface area contributed by atoms with Crippen LogP contribution < -0.4 is 14.5 Å². The summed E-state index contributed by atoms with van der Waals surface area (Å²) in [5.41, 5.74) is -1.11. The minimum absolute atomic E-state index is 0.0446. The lowest BCUT2D eigenvalue weighted by Crippen LogP contribution is -2.56. The fourth-order valence-corrected chi connectivity index (χ4v) is 6.70. The van der Waals surface area contributed by atoms with Gasteiger partial charge in [-0.3, -0.25) is 14.4 Å². The Kier molecular flexibility index (Phi) is 6.08. The number of aliphatic hydroxyl groups is 1. The van der Waals surface area contributed by atoms with Crippen LogP contribution >= 0.6 is 0 Å². The number of hydrogen-bond donors (Lipinski definition) is 1. The van der Waals surface area contributed by atoms with Crippen molar-refractivity contribution in [3.8, 4) is 5.75 Å². The molecule has 202 valence electrons. The lowest BCUT2D eigenvalue weighted by atomic mass is 9.74. The van der Waals surface area contributed by atoms with Crippen molar-refractivity contribution in [2.75, 3.05) is 43.2 Å². The van der Waals surface area contributed by atoms with Crippen molar-refractivity contribution >= 4 is 29.1 Å². The molecule has 0 aromatic heterocycles. The molecule has 0 saturated carbocycles. The van der Waals surface area contributed by atoms with Crippen LogP contribution in [0.15, 0.2) is 78.9 Å². The predicted molar refractivity (Wildman–Crippen MR) is 144 cm³/mol. The van der Waals surface area contributed by atoms with Crippen molar-refractivity contribution in [2.24, 2.45) is 11.8 Å². The number of rotatable bonds is 5. The van der Waals surface area contributed by atoms with Crippen LogP contribution in [0.2, 0.25) is 0 Å². The van der Waals surface area contributed by atoms with Gasteiger partial charge in [0.25, 0.3) is 5.91 Å². The van der Waals surface area contributed by atoms with E-state index < -0.39 is 29.1 Å². The Balaban J connectivity index is 1.45. The maximum Gasteiger partial charge on any atom is 0.253 e. The fraction of sp³-hybridized carbons (Fsp3) is 0.367. The third-order valence-corrected chi connectivity index (χ3v) is 8.35. The number of hydrogen-bond acceptors (Lipinski definition) is 6. The number of carbonyl (C=O) groups is 3. The molecular weight excluding hydrogens is 498 g/mol. The van der Waals surface area contributed by atoms with E-state index in [0.717, 1.165) is 5.69 Å². The molecule has 1 spiro atoms. The van der Waals surface area contributed by atoms with Crippen LogP contribution in [0.25, 0.3) is 0 Å². The highest BCUT2D eigenvalue weighted by Crippen LogP contribution is 2.57. The van der Waals surface area contributed by atoms with Gasteiger partial charge in [0.05, 0.1) is 31.2 Å². The molecular formula is C30H31N3O6. The van der Waals surface area contributed by atoms with Gasteiger partial charge < -0.3 is 29.3 Å². The molecule has 1 N–H and O–H groups in total. The third-order valence-electron chi connectivity index (χ3n) is 8.35. The van der Waals surface area contributed by atoms with Gasteiger partial charge in [0, 0.05) is 31.0 Å². The minimum atomic E-state index is -1.37. The van der Waals surface area contributed by atoms with Crippen LogP contribution in [0.5, 0.6) is 5.75 Å². The summed E-state index contributed by atoms with van der Waals surface area (Å²) < 4.78 is 12.1. The van der Waals surface area contributed by atoms with Crippen molar-refractivity contribution in [1.29, 1.82) is 0 Å². The van der Waals surface area contributed by atoms with Gasteiger partial charge in [-0.1, -0.05) is 42.5 Å². The second-order valence-corrected chi connectivity index (χ2v) is 10.5. The van der Waals surface area contributed by atoms with Crippen molar-refractivity contribution in [1.82, 2.24) is 4.90 Å². The number of anilines is 2. The van der Waals surface area contributed by atoms with E-state index in [1.165, 1.54) is 4.90 Å². The zero-order valence-corrected chi connectivity index (χ0v) is 21.9. The normalized spacial score (nSPS) is 31.6. The van der Waals surface area contributed by atoms with Gasteiger partial charge in [0.1, 0.15) is 17.4 Å². The summed E-state index contributed by atoms with van der Waals surface area (Å²) in [4.78, 5) is 47.3. The topological polar surface area (TPSA) is 99.6 Å². The van der Waals surface area contributed by atoms with E-state index in [1.54, 1.807) is 47.3 Å². The highest BCUT2D eigenvalue weighted by Gasteiger charge is 2.74. The molecule has 4 aliphatic heterocycles. The van der Waals surface area contributed by atoms with Gasteiger partial charge in [0.2, 0.25) is 11.8 Å². The molecule has 5 atom stereocenters. The minimum Gasteiger partial charge on any atom is -0.497 e. The Morgan fingerprint density at radius 2 is 1.51 bits per heavy atom. The zero-order chi connectivity index (χ0) is 27.4. The molecule has 2 fully saturated rings. The van der Waals surface area contributed by atoms with Gasteiger partial charge in [-0.05, 0) is 43.3 Å². The Morgan fingerprint density at radius 1 is 0.872 bits per heavy atom. The SMILES string of the molecule is COc1ccc(N2CC=C[C@]34O[C@]5(C)C=CCN(c6ccccc6)C(=O)[C@@H]5[C@H]3C(=O)N(CCO)C4C2=O)cc1. The van der Waals surface area contributed by atoms with E-state index >= 15 is 0 Å². The van der Waals surface area contributed by atoms with Crippen LogP contribution in [0, 0.1) is 11.8 Å². The smallest absolute Gasteiger partial charge is 0.253 e. The number of nitrogens with zero attached hydrogens (tertiary/aromatic N) is 3. The summed E-state index contributed by atoms with van der Waals surface area (Å²) in [6.07, 6.45) is 7.38. The van der Waals surface area contributed by atoms with E-state index in [0.29, 0.717) is 18.0 Å². The number of fused-ring (bicyclic) bond motifs is 2. The first-order chi connectivity index (χ1) is 18.8. The van der Waals surface area contributed by atoms with Gasteiger partial charge in [-0.2, -0.15) is 0 Å². The number of aliphatic hydroxyl groups excluding tert-OH is 1. The van der Waals surface area contributed by atoms with E-state index in [4.69, 9.17) is 9.47 Å². The number of carbonyl (C=O) groups excluding carboxylic acids is 3. The van der Waals surface area contributed by atoms with Gasteiger partial charge >= 0.3 is 0 Å². The lowest BCUT2D eigenvalue weighted by Gasteiger charge is -2.37. The number of amides is 3. The summed E-state index contributed by atoms with van der Waals surface area (Å²) in [7, 11) is 1.57. The number of ether oxygens (including phenoxy) is 2. The number of para-hydroxylation sites is 1. The van der Waals surface area contributed by atoms with Gasteiger partial charge in [0.15, 0.2) is 0 Å². The second kappa shape index (κ2) is 9.36. The molecule has 2 aromatic rings. The molecule has 1 unspecified atom stereocenters. The molecule has 4 heterocycles. The Labute approximate surface area is 226 Å². The van der Waals surface area contributed by atoms with E-state index in [1.807, 2.05) is 55.5 Å². The molecule has 39 heavy (non-hydrogen) atoms. The first kappa shape index (κ1) is 25.3. The third kappa shape index (κ3) is 3.71. The van der Waals surface area contributed by atoms with E-state index in [-0.39, 0.29) is 37.4 Å². The number of methoxy groups -OCH3 is 1. The quantitative estimate of drug-likeness (QED) is 0.596. The number of likely N-dealkylation sites (tertiary alicyclic amines) is 1. The van der Waals surface area contributed by atoms with Crippen LogP contribution in [-0.4, -0.2) is 78.3 Å². The van der Waals surface area contributed by atoms with E-state index in [9.17, 15) is 19.5 Å². The number of β-amino-alcohol motifs (C(OH)–C–C–N with tert-alkyl or cyclic N) is 1. The zero-order valence-electron chi connectivity index (χ0n) is 21.9. The molecule has 3 amide bonds. The molecule has 0 bridgehead atoms. The molecule has 2 saturated heterocycles. The maximum atomic E-state index is 14.3. The Bertz CT molecular complexity index is 1360. The summed E-state index contributed by atoms with van der Waals surface area (Å²) >= 11 is 0. The number of benzene rings is 2. The first-order valence-corrected chi connectivity index (χ1v) is 13.1. The fourth-order valence-electron chi connectivity index (χ4n) is 6.70. The van der Waals surface area contributed by atoms with Crippen LogP contribution in [0.1, 0.15) is 6.92 Å². The molecule has 2 aromatic carbocycles. The largest absolute Gasteiger partial charge is 0.497 e. The van der Waals surface area contributed by atoms with Crippen molar-refractivity contribution in [3.63, 3.8) is 0 Å². The highest BCUT2D eigenvalue weighted by atomic mass is 16.5. The molecule has 0 radical (unpaired) electrons. The molecule has 6 rings (SSSR count). The standard InChI is InChI=1S/C30H31N3O6/c1-29-14-6-16-31(20-8-4-3-5-9-20)26(35)23(29)24-27(36)33(18-19-34)25-28(37)32(17-7-15-30(24,25)39-29)21-10-12-22(38-2)13-11-21/h3-15,23-25,34H,16-19H2,1-2H3/t23-,24-,25?,29+,30-/m0/s1. The average molecular weight is 530 g/mol. The maximum absolute atomic E-state index is 14.3. The molecule has 9 nitrogen and oxygen atoms in total. The highest BCUT2D eigenvalue weighted by molar-refractivity contribution is 6.07. The van der Waals surface area contributed by atoms with Crippen molar-refractivity contribution in [2.45, 2.75) is 24.2 Å². The Hall–Kier alpha value is -3.95. The summed E-state index contributed by atoms with van der Waals surface area (Å²) in [6.45, 7) is 2.06. The van der Waals surface area contributed by atoms with Crippen LogP contribution in [-0.2, 0) is 19.1 Å². The molecule has 0 aliphatic carbocycles. The first-order valence-electron chi connectivity index (χ1n) is 13.1. The second-order valence-electron chi connectivity index (χ2n) is 10.5. The van der Waals surface area contributed by atoms with Crippen molar-refractivity contribution in [3.05, 3.63) is 78.9 Å². The predicted octanol–water partition coefficient (Wildman–Crippen LogP) is 2.16. The van der Waals surface area contributed by atoms with Crippen LogP contribution in [0.3, 0.4) is 0 Å². The van der Waals surface area contributed by atoms with E-state index in [2.05, 4.69) is 0 Å². The van der Waals surface area contributed by atoms with Gasteiger partial charge in [-0.25, -0.2) is 0 Å². The van der Waals surface area contributed by atoms with Crippen molar-refractivity contribution < 1.29 is 29.0 Å². The summed E-state index contributed by atoms with van der Waals surface area (Å²) in [5, 5.41) is 9.89. The monoisotopic (exact) mass is 529 g/mol. The molecule has 9 heteroatoms. The average Bonchev–Trinajstić information content (AvgIpc) is 3.20. The lowest BCUT2D eigenvalue weighted by molar-refractivity contribution is -0.144. The summed E-state index contributed by atoms with van der Waals surface area (Å²) in [6, 6.07) is 15.4. The summed E-state index contributed by atoms with van der Waals surface area (Å²) in [5.74, 6) is -2.06. The van der Waals surface area contributed by atoms with Gasteiger partial charge in [-0.15, -0.1) is 0 Å². The Morgan fingerprint density at radius 3 is 2.18 bits per heavy atom. The van der Waals surface area contributed by atoms with Crippen LogP contribution in [0.4, 0.5) is 11.4 Å².